The molecule has 1 aliphatic rings. The van der Waals surface area contributed by atoms with E-state index in [1.807, 2.05) is 0 Å². The third kappa shape index (κ3) is 3.33. The Bertz CT molecular complexity index is 768. The van der Waals surface area contributed by atoms with Crippen LogP contribution in [0, 0.1) is 0 Å². The van der Waals surface area contributed by atoms with Gasteiger partial charge >= 0.3 is 5.97 Å². The van der Waals surface area contributed by atoms with Crippen molar-refractivity contribution in [1.29, 1.82) is 0 Å². The highest BCUT2D eigenvalue weighted by Gasteiger charge is 2.43. The summed E-state index contributed by atoms with van der Waals surface area (Å²) < 4.78 is 0.590. The topological polar surface area (TPSA) is 70.5 Å². The average molecular weight is 389 g/mol. The van der Waals surface area contributed by atoms with Gasteiger partial charge in [-0.25, -0.2) is 4.79 Å². The summed E-state index contributed by atoms with van der Waals surface area (Å²) in [6.07, 6.45) is 1.42. The normalized spacial score (nSPS) is 20.7. The van der Waals surface area contributed by atoms with Crippen LogP contribution in [-0.4, -0.2) is 38.7 Å². The van der Waals surface area contributed by atoms with Crippen LogP contribution in [0.3, 0.4) is 0 Å². The highest BCUT2D eigenvalue weighted by molar-refractivity contribution is 7.99. The van der Waals surface area contributed by atoms with Gasteiger partial charge < -0.3 is 10.0 Å². The largest absolute Gasteiger partial charge is 0.480 e. The molecule has 1 amide bonds. The Morgan fingerprint density at radius 1 is 1.30 bits per heavy atom. The summed E-state index contributed by atoms with van der Waals surface area (Å²) in [6.45, 7) is 0. The molecule has 0 radical (unpaired) electrons. The Kier molecular flexibility index (Phi) is 4.82. The van der Waals surface area contributed by atoms with Crippen molar-refractivity contribution in [3.8, 4) is 0 Å². The van der Waals surface area contributed by atoms with Crippen molar-refractivity contribution >= 4 is 58.2 Å². The number of pyridine rings is 1. The number of aliphatic carboxylic acids is 1. The van der Waals surface area contributed by atoms with Crippen molar-refractivity contribution in [1.82, 2.24) is 9.88 Å². The van der Waals surface area contributed by atoms with Crippen molar-refractivity contribution in [3.05, 3.63) is 50.4 Å². The average Bonchev–Trinajstić information content (AvgIpc) is 3.12. The fourth-order valence-electron chi connectivity index (χ4n) is 2.28. The third-order valence-electron chi connectivity index (χ3n) is 3.30. The molecule has 1 fully saturated rings. The summed E-state index contributed by atoms with van der Waals surface area (Å²) in [6, 6.07) is 5.61. The quantitative estimate of drug-likeness (QED) is 0.865. The van der Waals surface area contributed by atoms with E-state index in [1.54, 1.807) is 18.2 Å². The first kappa shape index (κ1) is 16.6. The van der Waals surface area contributed by atoms with Crippen LogP contribution in [0.15, 0.2) is 30.5 Å². The Balaban J connectivity index is 1.98. The first-order chi connectivity index (χ1) is 11.0. The van der Waals surface area contributed by atoms with Gasteiger partial charge in [0.1, 0.15) is 17.1 Å². The molecular weight excluding hydrogens is 379 g/mol. The lowest BCUT2D eigenvalue weighted by molar-refractivity contribution is -0.141. The van der Waals surface area contributed by atoms with Gasteiger partial charge in [-0.1, -0.05) is 23.2 Å². The minimum atomic E-state index is -1.04. The molecule has 0 aliphatic carbocycles. The van der Waals surface area contributed by atoms with E-state index in [1.165, 1.54) is 40.3 Å². The first-order valence-corrected chi connectivity index (χ1v) is 9.13. The zero-order chi connectivity index (χ0) is 16.6. The molecule has 120 valence electrons. The van der Waals surface area contributed by atoms with Gasteiger partial charge in [0.05, 0.1) is 4.34 Å². The van der Waals surface area contributed by atoms with E-state index < -0.39 is 23.3 Å². The molecule has 0 spiro atoms. The van der Waals surface area contributed by atoms with E-state index in [0.29, 0.717) is 15.1 Å². The molecule has 3 heterocycles. The summed E-state index contributed by atoms with van der Waals surface area (Å²) in [4.78, 5) is 30.5. The van der Waals surface area contributed by atoms with Gasteiger partial charge in [-0.05, 0) is 24.3 Å². The van der Waals surface area contributed by atoms with Crippen molar-refractivity contribution < 1.29 is 14.7 Å². The number of halogens is 2. The Morgan fingerprint density at radius 3 is 2.70 bits per heavy atom. The maximum atomic E-state index is 12.8. The Morgan fingerprint density at radius 2 is 2.09 bits per heavy atom. The van der Waals surface area contributed by atoms with E-state index in [-0.39, 0.29) is 5.69 Å². The monoisotopic (exact) mass is 388 g/mol. The fraction of sp³-hybridized carbons (Fsp3) is 0.214. The molecule has 1 N–H and O–H groups in total. The number of thiophene rings is 1. The highest BCUT2D eigenvalue weighted by atomic mass is 35.5. The van der Waals surface area contributed by atoms with Gasteiger partial charge in [0.25, 0.3) is 5.91 Å². The van der Waals surface area contributed by atoms with E-state index in [0.717, 1.165) is 4.88 Å². The molecule has 5 nitrogen and oxygen atoms in total. The second-order valence-corrected chi connectivity index (χ2v) is 8.05. The molecule has 2 atom stereocenters. The molecule has 0 aromatic carbocycles. The first-order valence-electron chi connectivity index (χ1n) is 6.51. The number of hydrogen-bond acceptors (Lipinski definition) is 5. The van der Waals surface area contributed by atoms with Crippen LogP contribution in [0.5, 0.6) is 0 Å². The molecule has 3 rings (SSSR count). The maximum Gasteiger partial charge on any atom is 0.327 e. The van der Waals surface area contributed by atoms with Gasteiger partial charge in [-0.3, -0.25) is 9.78 Å². The number of carboxylic acids is 1. The lowest BCUT2D eigenvalue weighted by atomic mass is 10.2. The number of carboxylic acid groups (broad SMARTS) is 1. The molecule has 2 aromatic heterocycles. The second kappa shape index (κ2) is 6.68. The summed E-state index contributed by atoms with van der Waals surface area (Å²) in [7, 11) is 0. The molecule has 1 saturated heterocycles. The van der Waals surface area contributed by atoms with Crippen LogP contribution in [-0.2, 0) is 4.79 Å². The minimum absolute atomic E-state index is 0.124. The number of carbonyl (C=O) groups excluding carboxylic acids is 1. The standard InChI is InChI=1S/C14H10Cl2N2O3S2/c15-7-3-4-17-8(5-7)12(19)18-9(14(20)21)6-22-13(18)10-1-2-11(16)23-10/h1-5,9,13H,6H2,(H,20,21). The second-order valence-electron chi connectivity index (χ2n) is 4.75. The van der Waals surface area contributed by atoms with Gasteiger partial charge in [0.2, 0.25) is 0 Å². The lowest BCUT2D eigenvalue weighted by Gasteiger charge is -2.26. The van der Waals surface area contributed by atoms with E-state index in [9.17, 15) is 14.7 Å². The predicted molar refractivity (Wildman–Crippen MR) is 91.4 cm³/mol. The van der Waals surface area contributed by atoms with Crippen LogP contribution in [0.25, 0.3) is 0 Å². The zero-order valence-corrected chi connectivity index (χ0v) is 14.6. The molecule has 2 aromatic rings. The highest BCUT2D eigenvalue weighted by Crippen LogP contribution is 2.45. The summed E-state index contributed by atoms with van der Waals surface area (Å²) >= 11 is 14.6. The van der Waals surface area contributed by atoms with Crippen LogP contribution in [0.4, 0.5) is 0 Å². The Hall–Kier alpha value is -1.28. The van der Waals surface area contributed by atoms with Crippen LogP contribution in [0.1, 0.15) is 20.7 Å². The maximum absolute atomic E-state index is 12.8. The van der Waals surface area contributed by atoms with Crippen molar-refractivity contribution in [2.45, 2.75) is 11.4 Å². The van der Waals surface area contributed by atoms with Gasteiger partial charge in [-0.15, -0.1) is 23.1 Å². The molecule has 23 heavy (non-hydrogen) atoms. The molecule has 0 bridgehead atoms. The van der Waals surface area contributed by atoms with Crippen LogP contribution >= 0.6 is 46.3 Å². The summed E-state index contributed by atoms with van der Waals surface area (Å²) in [5, 5.41) is 9.40. The molecule has 1 aliphatic heterocycles. The van der Waals surface area contributed by atoms with Crippen molar-refractivity contribution in [2.75, 3.05) is 5.75 Å². The van der Waals surface area contributed by atoms with Crippen LogP contribution in [0.2, 0.25) is 9.36 Å². The number of nitrogens with zero attached hydrogens (tertiary/aromatic N) is 2. The number of carbonyl (C=O) groups is 2. The number of rotatable bonds is 3. The Labute approximate surface area is 150 Å². The van der Waals surface area contributed by atoms with Crippen molar-refractivity contribution in [3.63, 3.8) is 0 Å². The number of aromatic nitrogens is 1. The smallest absolute Gasteiger partial charge is 0.327 e. The van der Waals surface area contributed by atoms with E-state index >= 15 is 0 Å². The summed E-state index contributed by atoms with van der Waals surface area (Å²) in [5.74, 6) is -1.19. The number of amides is 1. The third-order valence-corrected chi connectivity index (χ3v) is 6.27. The zero-order valence-electron chi connectivity index (χ0n) is 11.5. The van der Waals surface area contributed by atoms with E-state index in [4.69, 9.17) is 23.2 Å². The van der Waals surface area contributed by atoms with Crippen LogP contribution < -0.4 is 0 Å². The lowest BCUT2D eigenvalue weighted by Crippen LogP contribution is -2.43. The van der Waals surface area contributed by atoms with Gasteiger partial charge in [0.15, 0.2) is 0 Å². The predicted octanol–water partition coefficient (Wildman–Crippen LogP) is 3.79. The number of thioether (sulfide) groups is 1. The molecule has 2 unspecified atom stereocenters. The van der Waals surface area contributed by atoms with Gasteiger partial charge in [-0.2, -0.15) is 0 Å². The minimum Gasteiger partial charge on any atom is -0.480 e. The van der Waals surface area contributed by atoms with Gasteiger partial charge in [0, 0.05) is 21.8 Å². The fourth-order valence-corrected chi connectivity index (χ4v) is 5.14. The molecular formula is C14H10Cl2N2O3S2. The van der Waals surface area contributed by atoms with Crippen molar-refractivity contribution in [2.24, 2.45) is 0 Å². The summed E-state index contributed by atoms with van der Waals surface area (Å²) in [5.41, 5.74) is 0.124. The molecule has 0 saturated carbocycles. The molecule has 9 heteroatoms. The van der Waals surface area contributed by atoms with E-state index in [2.05, 4.69) is 4.98 Å². The SMILES string of the molecule is O=C(O)C1CSC(c2ccc(Cl)s2)N1C(=O)c1cc(Cl)ccn1. The number of hydrogen-bond donors (Lipinski definition) is 1.